The number of likely N-dealkylation sites (tertiary alicyclic amines) is 2. The van der Waals surface area contributed by atoms with Gasteiger partial charge in [-0.05, 0) is 30.5 Å². The zero-order valence-corrected chi connectivity index (χ0v) is 17.4. The van der Waals surface area contributed by atoms with E-state index in [1.54, 1.807) is 32.2 Å². The SMILES string of the molecule is COCC1(C(=O)N2C[C@@H]3CN(C(=O)N(C)C)[C@H](c4cccc(F)c4)[C@@H]3C2)CCC1. The topological polar surface area (TPSA) is 53.1 Å². The lowest BCUT2D eigenvalue weighted by molar-refractivity contribution is -0.151. The number of carbonyl (C=O) groups is 2. The van der Waals surface area contributed by atoms with E-state index < -0.39 is 0 Å². The molecule has 158 valence electrons. The fourth-order valence-electron chi connectivity index (χ4n) is 5.42. The molecule has 0 N–H and O–H groups in total. The monoisotopic (exact) mass is 403 g/mol. The molecule has 7 heteroatoms. The van der Waals surface area contributed by atoms with E-state index in [9.17, 15) is 14.0 Å². The molecule has 0 radical (unpaired) electrons. The van der Waals surface area contributed by atoms with Crippen LogP contribution in [-0.4, -0.2) is 74.1 Å². The van der Waals surface area contributed by atoms with Crippen molar-refractivity contribution in [3.05, 3.63) is 35.6 Å². The molecule has 1 aliphatic carbocycles. The van der Waals surface area contributed by atoms with Crippen LogP contribution in [0.3, 0.4) is 0 Å². The molecule has 3 fully saturated rings. The third-order valence-electron chi connectivity index (χ3n) is 6.95. The first kappa shape index (κ1) is 20.1. The first-order valence-corrected chi connectivity index (χ1v) is 10.4. The minimum Gasteiger partial charge on any atom is -0.384 e. The Labute approximate surface area is 171 Å². The molecular formula is C22H30FN3O3. The molecule has 2 aliphatic heterocycles. The van der Waals surface area contributed by atoms with Crippen molar-refractivity contribution in [1.82, 2.24) is 14.7 Å². The van der Waals surface area contributed by atoms with Crippen LogP contribution in [0.1, 0.15) is 30.9 Å². The molecule has 1 saturated carbocycles. The predicted octanol–water partition coefficient (Wildman–Crippen LogP) is 2.76. The summed E-state index contributed by atoms with van der Waals surface area (Å²) in [6, 6.07) is 6.23. The fraction of sp³-hybridized carbons (Fsp3) is 0.636. The van der Waals surface area contributed by atoms with E-state index in [1.807, 2.05) is 15.9 Å². The first-order valence-electron chi connectivity index (χ1n) is 10.4. The van der Waals surface area contributed by atoms with Crippen LogP contribution in [0, 0.1) is 23.1 Å². The summed E-state index contributed by atoms with van der Waals surface area (Å²) >= 11 is 0. The molecular weight excluding hydrogens is 373 g/mol. The number of hydrogen-bond acceptors (Lipinski definition) is 3. The Hall–Kier alpha value is -2.15. The maximum absolute atomic E-state index is 14.0. The van der Waals surface area contributed by atoms with Gasteiger partial charge >= 0.3 is 6.03 Å². The zero-order valence-electron chi connectivity index (χ0n) is 17.4. The number of carbonyl (C=O) groups excluding carboxylic acids is 2. The predicted molar refractivity (Wildman–Crippen MR) is 107 cm³/mol. The van der Waals surface area contributed by atoms with Crippen LogP contribution < -0.4 is 0 Å². The average molecular weight is 403 g/mol. The maximum atomic E-state index is 14.0. The third kappa shape index (κ3) is 3.39. The summed E-state index contributed by atoms with van der Waals surface area (Å²) in [5.74, 6) is 0.200. The van der Waals surface area contributed by atoms with Crippen molar-refractivity contribution in [2.45, 2.75) is 25.3 Å². The Bertz CT molecular complexity index is 795. The highest BCUT2D eigenvalue weighted by Crippen LogP contribution is 2.48. The molecule has 3 atom stereocenters. The Morgan fingerprint density at radius 3 is 2.59 bits per heavy atom. The Morgan fingerprint density at radius 1 is 1.24 bits per heavy atom. The van der Waals surface area contributed by atoms with Crippen LogP contribution in [0.5, 0.6) is 0 Å². The first-order chi connectivity index (χ1) is 13.9. The third-order valence-corrected chi connectivity index (χ3v) is 6.95. The summed E-state index contributed by atoms with van der Waals surface area (Å²) in [6.45, 7) is 2.31. The van der Waals surface area contributed by atoms with E-state index in [2.05, 4.69) is 0 Å². The number of amides is 3. The highest BCUT2D eigenvalue weighted by molar-refractivity contribution is 5.84. The zero-order chi connectivity index (χ0) is 20.8. The number of nitrogens with zero attached hydrogens (tertiary/aromatic N) is 3. The maximum Gasteiger partial charge on any atom is 0.320 e. The normalized spacial score (nSPS) is 27.5. The molecule has 4 rings (SSSR count). The molecule has 0 unspecified atom stereocenters. The van der Waals surface area contributed by atoms with Gasteiger partial charge in [-0.2, -0.15) is 0 Å². The van der Waals surface area contributed by atoms with Crippen molar-refractivity contribution in [1.29, 1.82) is 0 Å². The number of fused-ring (bicyclic) bond motifs is 1. The van der Waals surface area contributed by atoms with E-state index in [0.29, 0.717) is 26.2 Å². The second-order valence-electron chi connectivity index (χ2n) is 9.03. The molecule has 1 aromatic rings. The van der Waals surface area contributed by atoms with E-state index in [-0.39, 0.29) is 41.0 Å². The molecule has 0 spiro atoms. The van der Waals surface area contributed by atoms with Gasteiger partial charge in [-0.3, -0.25) is 4.79 Å². The average Bonchev–Trinajstić information content (AvgIpc) is 3.21. The lowest BCUT2D eigenvalue weighted by Gasteiger charge is -2.42. The number of rotatable bonds is 4. The minimum atomic E-state index is -0.374. The lowest BCUT2D eigenvalue weighted by atomic mass is 9.68. The van der Waals surface area contributed by atoms with E-state index in [0.717, 1.165) is 24.8 Å². The van der Waals surface area contributed by atoms with Gasteiger partial charge in [-0.15, -0.1) is 0 Å². The van der Waals surface area contributed by atoms with Gasteiger partial charge in [0.25, 0.3) is 0 Å². The quantitative estimate of drug-likeness (QED) is 0.777. The van der Waals surface area contributed by atoms with E-state index in [1.165, 1.54) is 12.1 Å². The van der Waals surface area contributed by atoms with Crippen LogP contribution in [0.2, 0.25) is 0 Å². The van der Waals surface area contributed by atoms with Gasteiger partial charge in [-0.1, -0.05) is 18.6 Å². The van der Waals surface area contributed by atoms with Crippen LogP contribution >= 0.6 is 0 Å². The second kappa shape index (κ2) is 7.59. The van der Waals surface area contributed by atoms with Gasteiger partial charge in [0.2, 0.25) is 5.91 Å². The van der Waals surface area contributed by atoms with Crippen LogP contribution in [0.4, 0.5) is 9.18 Å². The lowest BCUT2D eigenvalue weighted by Crippen LogP contribution is -2.50. The number of urea groups is 1. The Balaban J connectivity index is 1.59. The number of benzene rings is 1. The summed E-state index contributed by atoms with van der Waals surface area (Å²) in [4.78, 5) is 31.5. The Kier molecular flexibility index (Phi) is 5.27. The molecule has 29 heavy (non-hydrogen) atoms. The molecule has 2 heterocycles. The van der Waals surface area contributed by atoms with Crippen molar-refractivity contribution >= 4 is 11.9 Å². The van der Waals surface area contributed by atoms with Crippen LogP contribution in [-0.2, 0) is 9.53 Å². The smallest absolute Gasteiger partial charge is 0.320 e. The standard InChI is InChI=1S/C22H30FN3O3/c1-24(2)21(28)26-12-16-11-25(20(27)22(14-29-3)8-5-9-22)13-18(16)19(26)15-6-4-7-17(23)10-15/h4,6-7,10,16,18-19H,5,8-9,11-14H2,1-3H3/t16-,18-,19-/m1/s1. The summed E-state index contributed by atoms with van der Waals surface area (Å²) in [7, 11) is 5.12. The summed E-state index contributed by atoms with van der Waals surface area (Å²) in [5, 5.41) is 0. The van der Waals surface area contributed by atoms with Gasteiger partial charge in [0.15, 0.2) is 0 Å². The summed E-state index contributed by atoms with van der Waals surface area (Å²) < 4.78 is 19.3. The number of halogens is 1. The molecule has 2 saturated heterocycles. The molecule has 3 aliphatic rings. The van der Waals surface area contributed by atoms with Gasteiger partial charge in [0.05, 0.1) is 18.1 Å². The summed E-state index contributed by atoms with van der Waals surface area (Å²) in [5.41, 5.74) is 0.429. The van der Waals surface area contributed by atoms with Gasteiger partial charge in [0.1, 0.15) is 5.82 Å². The van der Waals surface area contributed by atoms with E-state index >= 15 is 0 Å². The van der Waals surface area contributed by atoms with Crippen molar-refractivity contribution < 1.29 is 18.7 Å². The van der Waals surface area contributed by atoms with Gasteiger partial charge < -0.3 is 19.4 Å². The summed E-state index contributed by atoms with van der Waals surface area (Å²) in [6.07, 6.45) is 2.82. The highest BCUT2D eigenvalue weighted by atomic mass is 19.1. The van der Waals surface area contributed by atoms with Gasteiger partial charge in [0, 0.05) is 52.7 Å². The van der Waals surface area contributed by atoms with Crippen LogP contribution in [0.15, 0.2) is 24.3 Å². The number of ether oxygens (including phenoxy) is 1. The number of hydrogen-bond donors (Lipinski definition) is 0. The Morgan fingerprint density at radius 2 is 2.00 bits per heavy atom. The minimum absolute atomic E-state index is 0.0682. The van der Waals surface area contributed by atoms with Crippen molar-refractivity contribution in [3.8, 4) is 0 Å². The molecule has 3 amide bonds. The largest absolute Gasteiger partial charge is 0.384 e. The fourth-order valence-corrected chi connectivity index (χ4v) is 5.42. The second-order valence-corrected chi connectivity index (χ2v) is 9.03. The van der Waals surface area contributed by atoms with Crippen molar-refractivity contribution in [2.75, 3.05) is 47.4 Å². The molecule has 6 nitrogen and oxygen atoms in total. The van der Waals surface area contributed by atoms with Crippen LogP contribution in [0.25, 0.3) is 0 Å². The van der Waals surface area contributed by atoms with Crippen molar-refractivity contribution in [3.63, 3.8) is 0 Å². The molecule has 0 aromatic heterocycles. The van der Waals surface area contributed by atoms with E-state index in [4.69, 9.17) is 4.74 Å². The van der Waals surface area contributed by atoms with Gasteiger partial charge in [-0.25, -0.2) is 9.18 Å². The molecule has 0 bridgehead atoms. The number of methoxy groups -OCH3 is 1. The highest BCUT2D eigenvalue weighted by Gasteiger charge is 2.54. The molecule has 1 aromatic carbocycles. The van der Waals surface area contributed by atoms with Crippen molar-refractivity contribution in [2.24, 2.45) is 17.3 Å².